The Kier molecular flexibility index (Phi) is 12.5. The Hall–Kier alpha value is -3.09. The summed E-state index contributed by atoms with van der Waals surface area (Å²) in [5.41, 5.74) is 2.30. The van der Waals surface area contributed by atoms with Crippen LogP contribution >= 0.6 is 0 Å². The molecule has 0 bridgehead atoms. The van der Waals surface area contributed by atoms with E-state index in [0.717, 1.165) is 32.1 Å². The molecule has 0 N–H and O–H groups in total. The molecular formula is C36H43F3O3. The zero-order valence-corrected chi connectivity index (χ0v) is 24.8. The highest BCUT2D eigenvalue weighted by Gasteiger charge is 2.24. The van der Waals surface area contributed by atoms with E-state index in [2.05, 4.69) is 13.0 Å². The third-order valence-corrected chi connectivity index (χ3v) is 7.77. The zero-order chi connectivity index (χ0) is 29.7. The highest BCUT2D eigenvalue weighted by Crippen LogP contribution is 2.34. The molecule has 0 spiro atoms. The molecule has 0 aromatic heterocycles. The van der Waals surface area contributed by atoms with Crippen LogP contribution in [-0.4, -0.2) is 19.8 Å². The van der Waals surface area contributed by atoms with Gasteiger partial charge in [-0.05, 0) is 55.5 Å². The minimum atomic E-state index is -0.988. The number of allylic oxidation sites excluding steroid dienone is 2. The Balaban J connectivity index is 1.33. The van der Waals surface area contributed by atoms with Gasteiger partial charge in [0.1, 0.15) is 5.82 Å². The monoisotopic (exact) mass is 580 g/mol. The van der Waals surface area contributed by atoms with Crippen LogP contribution in [0.3, 0.4) is 0 Å². The van der Waals surface area contributed by atoms with Crippen molar-refractivity contribution >= 4 is 0 Å². The summed E-state index contributed by atoms with van der Waals surface area (Å²) >= 11 is 0. The summed E-state index contributed by atoms with van der Waals surface area (Å²) in [6.45, 7) is 5.71. The van der Waals surface area contributed by atoms with Crippen molar-refractivity contribution in [3.63, 3.8) is 0 Å². The highest BCUT2D eigenvalue weighted by molar-refractivity contribution is 5.71. The molecule has 3 aromatic carbocycles. The Morgan fingerprint density at radius 2 is 1.43 bits per heavy atom. The smallest absolute Gasteiger partial charge is 0.201 e. The molecule has 1 aliphatic heterocycles. The van der Waals surface area contributed by atoms with Crippen molar-refractivity contribution in [2.45, 2.75) is 77.9 Å². The molecular weight excluding hydrogens is 537 g/mol. The molecule has 0 atom stereocenters. The summed E-state index contributed by atoms with van der Waals surface area (Å²) < 4.78 is 62.1. The minimum Gasteiger partial charge on any atom is -0.490 e. The fourth-order valence-electron chi connectivity index (χ4n) is 5.25. The molecule has 0 unspecified atom stereocenters. The van der Waals surface area contributed by atoms with Crippen LogP contribution in [0.2, 0.25) is 0 Å². The maximum Gasteiger partial charge on any atom is 0.201 e. The molecule has 3 aromatic rings. The molecule has 1 fully saturated rings. The Bertz CT molecular complexity index is 1280. The van der Waals surface area contributed by atoms with E-state index in [1.165, 1.54) is 43.9 Å². The van der Waals surface area contributed by atoms with Gasteiger partial charge in [-0.1, -0.05) is 94.0 Å². The SMILES string of the molecule is CC=CCCC1COC(c2ccc(-c3ccc(-c4ccc(OCCCCCCCCC)c(F)c4F)cc3)c(F)c2)OC1. The van der Waals surface area contributed by atoms with Gasteiger partial charge in [-0.25, -0.2) is 8.78 Å². The average molecular weight is 581 g/mol. The summed E-state index contributed by atoms with van der Waals surface area (Å²) in [6.07, 6.45) is 13.4. The third-order valence-electron chi connectivity index (χ3n) is 7.77. The van der Waals surface area contributed by atoms with Gasteiger partial charge in [0.05, 0.1) is 19.8 Å². The van der Waals surface area contributed by atoms with Gasteiger partial charge < -0.3 is 14.2 Å². The first-order valence-electron chi connectivity index (χ1n) is 15.4. The number of hydrogen-bond donors (Lipinski definition) is 0. The molecule has 3 nitrogen and oxygen atoms in total. The Morgan fingerprint density at radius 1 is 0.786 bits per heavy atom. The lowest BCUT2D eigenvalue weighted by atomic mass is 9.98. The summed E-state index contributed by atoms with van der Waals surface area (Å²) in [7, 11) is 0. The van der Waals surface area contributed by atoms with E-state index in [9.17, 15) is 8.78 Å². The van der Waals surface area contributed by atoms with Crippen LogP contribution < -0.4 is 4.74 Å². The first-order chi connectivity index (χ1) is 20.5. The Labute approximate surface area is 248 Å². The summed E-state index contributed by atoms with van der Waals surface area (Å²) in [4.78, 5) is 0. The topological polar surface area (TPSA) is 27.7 Å². The van der Waals surface area contributed by atoms with Crippen LogP contribution in [0.4, 0.5) is 13.2 Å². The van der Waals surface area contributed by atoms with Crippen molar-refractivity contribution < 1.29 is 27.4 Å². The van der Waals surface area contributed by atoms with Crippen molar-refractivity contribution in [1.29, 1.82) is 0 Å². The van der Waals surface area contributed by atoms with Gasteiger partial charge in [0.15, 0.2) is 17.9 Å². The molecule has 0 radical (unpaired) electrons. The highest BCUT2D eigenvalue weighted by atomic mass is 19.2. The van der Waals surface area contributed by atoms with E-state index >= 15 is 4.39 Å². The molecule has 4 rings (SSSR count). The van der Waals surface area contributed by atoms with Gasteiger partial charge in [-0.3, -0.25) is 0 Å². The summed E-state index contributed by atoms with van der Waals surface area (Å²) in [5.74, 6) is -2.08. The molecule has 1 heterocycles. The number of hydrogen-bond acceptors (Lipinski definition) is 3. The molecule has 0 amide bonds. The fourth-order valence-corrected chi connectivity index (χ4v) is 5.25. The van der Waals surface area contributed by atoms with Crippen molar-refractivity contribution in [2.24, 2.45) is 5.92 Å². The van der Waals surface area contributed by atoms with E-state index in [4.69, 9.17) is 14.2 Å². The minimum absolute atomic E-state index is 0.0730. The molecule has 1 aliphatic rings. The van der Waals surface area contributed by atoms with Gasteiger partial charge in [0.2, 0.25) is 5.82 Å². The zero-order valence-electron chi connectivity index (χ0n) is 24.8. The predicted octanol–water partition coefficient (Wildman–Crippen LogP) is 10.6. The summed E-state index contributed by atoms with van der Waals surface area (Å²) in [5, 5.41) is 0. The first kappa shape index (κ1) is 31.8. The molecule has 226 valence electrons. The largest absolute Gasteiger partial charge is 0.490 e. The second-order valence-corrected chi connectivity index (χ2v) is 11.0. The number of unbranched alkanes of at least 4 members (excludes halogenated alkanes) is 6. The second kappa shape index (κ2) is 16.5. The van der Waals surface area contributed by atoms with Gasteiger partial charge in [-0.15, -0.1) is 0 Å². The van der Waals surface area contributed by atoms with Gasteiger partial charge >= 0.3 is 0 Å². The van der Waals surface area contributed by atoms with Crippen LogP contribution in [-0.2, 0) is 9.47 Å². The van der Waals surface area contributed by atoms with Crippen LogP contribution in [0, 0.1) is 23.4 Å². The molecule has 0 aliphatic carbocycles. The standard InChI is InChI=1S/C36H43F3O3/c1-3-5-7-8-9-10-12-22-40-33-21-20-31(34(38)35(33)39)28-16-14-27(15-17-28)30-19-18-29(23-32(30)37)36-41-24-26(25-42-36)13-11-6-4-2/h4,6,14-21,23,26,36H,3,5,7-13,22,24-25H2,1-2H3. The molecule has 1 saturated heterocycles. The maximum absolute atomic E-state index is 15.1. The van der Waals surface area contributed by atoms with Crippen LogP contribution in [0.1, 0.15) is 83.5 Å². The quantitative estimate of drug-likeness (QED) is 0.132. The fraction of sp³-hybridized carbons (Fsp3) is 0.444. The lowest BCUT2D eigenvalue weighted by molar-refractivity contribution is -0.205. The molecule has 0 saturated carbocycles. The van der Waals surface area contributed by atoms with E-state index in [1.807, 2.05) is 13.0 Å². The predicted molar refractivity (Wildman–Crippen MR) is 163 cm³/mol. The molecule has 6 heteroatoms. The third kappa shape index (κ3) is 8.71. The Morgan fingerprint density at radius 3 is 2.10 bits per heavy atom. The van der Waals surface area contributed by atoms with Crippen molar-refractivity contribution in [1.82, 2.24) is 0 Å². The summed E-state index contributed by atoms with van der Waals surface area (Å²) in [6, 6.07) is 14.7. The van der Waals surface area contributed by atoms with Gasteiger partial charge in [-0.2, -0.15) is 4.39 Å². The van der Waals surface area contributed by atoms with E-state index < -0.39 is 23.7 Å². The van der Waals surface area contributed by atoms with Crippen LogP contribution in [0.5, 0.6) is 5.75 Å². The lowest BCUT2D eigenvalue weighted by Gasteiger charge is -2.29. The van der Waals surface area contributed by atoms with Crippen molar-refractivity contribution in [3.8, 4) is 28.0 Å². The number of ether oxygens (including phenoxy) is 3. The number of rotatable bonds is 15. The van der Waals surface area contributed by atoms with Crippen molar-refractivity contribution in [2.75, 3.05) is 19.8 Å². The van der Waals surface area contributed by atoms with Crippen LogP contribution in [0.15, 0.2) is 66.7 Å². The van der Waals surface area contributed by atoms with Gasteiger partial charge in [0.25, 0.3) is 0 Å². The van der Waals surface area contributed by atoms with E-state index in [-0.39, 0.29) is 11.3 Å². The van der Waals surface area contributed by atoms with E-state index in [0.29, 0.717) is 48.0 Å². The van der Waals surface area contributed by atoms with Crippen LogP contribution in [0.25, 0.3) is 22.3 Å². The lowest BCUT2D eigenvalue weighted by Crippen LogP contribution is -2.27. The number of halogens is 3. The van der Waals surface area contributed by atoms with Gasteiger partial charge in [0, 0.05) is 22.6 Å². The molecule has 42 heavy (non-hydrogen) atoms. The van der Waals surface area contributed by atoms with Crippen molar-refractivity contribution in [3.05, 3.63) is 89.8 Å². The number of benzene rings is 3. The first-order valence-corrected chi connectivity index (χ1v) is 15.4. The normalized spacial score (nSPS) is 17.2. The maximum atomic E-state index is 15.1. The second-order valence-electron chi connectivity index (χ2n) is 11.0. The average Bonchev–Trinajstić information content (AvgIpc) is 3.01. The van der Waals surface area contributed by atoms with E-state index in [1.54, 1.807) is 36.4 Å².